The van der Waals surface area contributed by atoms with Crippen molar-refractivity contribution in [3.63, 3.8) is 0 Å². The minimum atomic E-state index is 1.32. The normalized spacial score (nSPS) is 16.5. The zero-order valence-electron chi connectivity index (χ0n) is 10.5. The average Bonchev–Trinajstić information content (AvgIpc) is 2.72. The molecule has 0 N–H and O–H groups in total. The van der Waals surface area contributed by atoms with E-state index >= 15 is 0 Å². The Bertz CT molecular complexity index is 93.4. The van der Waals surface area contributed by atoms with Gasteiger partial charge in [-0.2, -0.15) is 0 Å². The number of unbranched alkanes of at least 4 members (excludes halogenated alkanes) is 3. The molecule has 0 aromatic carbocycles. The van der Waals surface area contributed by atoms with Crippen LogP contribution in [0.5, 0.6) is 0 Å². The molecule has 0 aromatic rings. The Kier molecular flexibility index (Phi) is 11.0. The number of nitrogens with zero attached hydrogens (tertiary/aromatic N) is 1. The largest absolute Gasteiger partial charge is 0.303 e. The molecule has 1 heteroatoms. The van der Waals surface area contributed by atoms with E-state index in [1.54, 1.807) is 0 Å². The van der Waals surface area contributed by atoms with E-state index in [0.717, 1.165) is 0 Å². The van der Waals surface area contributed by atoms with Gasteiger partial charge in [-0.15, -0.1) is 0 Å². The van der Waals surface area contributed by atoms with Crippen molar-refractivity contribution in [3.8, 4) is 0 Å². The summed E-state index contributed by atoms with van der Waals surface area (Å²) in [5.74, 6) is 0. The second-order valence-corrected chi connectivity index (χ2v) is 4.26. The van der Waals surface area contributed by atoms with Gasteiger partial charge in [0.1, 0.15) is 0 Å². The van der Waals surface area contributed by atoms with E-state index in [0.29, 0.717) is 0 Å². The van der Waals surface area contributed by atoms with Crippen LogP contribution in [-0.4, -0.2) is 24.5 Å². The summed E-state index contributed by atoms with van der Waals surface area (Å²) < 4.78 is 0. The van der Waals surface area contributed by atoms with Crippen molar-refractivity contribution < 1.29 is 0 Å². The fraction of sp³-hybridized carbons (Fsp3) is 1.00. The summed E-state index contributed by atoms with van der Waals surface area (Å²) in [6.07, 6.45) is 9.69. The van der Waals surface area contributed by atoms with Crippen molar-refractivity contribution in [3.05, 3.63) is 0 Å². The molecule has 0 amide bonds. The summed E-state index contributed by atoms with van der Waals surface area (Å²) >= 11 is 0. The molecule has 1 nitrogen and oxygen atoms in total. The molecule has 0 atom stereocenters. The van der Waals surface area contributed by atoms with Crippen LogP contribution < -0.4 is 0 Å². The topological polar surface area (TPSA) is 3.24 Å². The van der Waals surface area contributed by atoms with Crippen LogP contribution in [0.3, 0.4) is 0 Å². The maximum Gasteiger partial charge on any atom is -0.00183 e. The third kappa shape index (κ3) is 8.55. The lowest BCUT2D eigenvalue weighted by molar-refractivity contribution is 0.329. The zero-order valence-corrected chi connectivity index (χ0v) is 10.5. The summed E-state index contributed by atoms with van der Waals surface area (Å²) in [5.41, 5.74) is 0. The molecule has 0 spiro atoms. The molecule has 0 radical (unpaired) electrons. The van der Waals surface area contributed by atoms with Crippen LogP contribution >= 0.6 is 0 Å². The predicted octanol–water partition coefficient (Wildman–Crippen LogP) is 4.08. The molecule has 0 bridgehead atoms. The Balaban J connectivity index is 0.000000364. The first-order valence-electron chi connectivity index (χ1n) is 6.57. The predicted molar refractivity (Wildman–Crippen MR) is 65.8 cm³/mol. The third-order valence-electron chi connectivity index (χ3n) is 2.78. The van der Waals surface area contributed by atoms with Crippen molar-refractivity contribution in [2.45, 2.75) is 65.7 Å². The number of hydrogen-bond donors (Lipinski definition) is 0. The molecule has 14 heavy (non-hydrogen) atoms. The standard InChI is InChI=1S/C9H19N.C4H10/c1-2-3-4-7-10-8-5-6-9-10;1-3-4-2/h2-9H2,1H3;3-4H2,1-2H3. The van der Waals surface area contributed by atoms with E-state index in [-0.39, 0.29) is 0 Å². The quantitative estimate of drug-likeness (QED) is 0.603. The molecule has 1 heterocycles. The van der Waals surface area contributed by atoms with Gasteiger partial charge in [0, 0.05) is 0 Å². The highest BCUT2D eigenvalue weighted by molar-refractivity contribution is 4.65. The fourth-order valence-electron chi connectivity index (χ4n) is 1.59. The molecule has 0 saturated carbocycles. The van der Waals surface area contributed by atoms with E-state index in [9.17, 15) is 0 Å². The van der Waals surface area contributed by atoms with Gasteiger partial charge in [-0.3, -0.25) is 0 Å². The minimum absolute atomic E-state index is 1.32. The van der Waals surface area contributed by atoms with Crippen LogP contribution in [-0.2, 0) is 0 Å². The van der Waals surface area contributed by atoms with E-state index in [1.807, 2.05) is 0 Å². The lowest BCUT2D eigenvalue weighted by Gasteiger charge is -2.12. The van der Waals surface area contributed by atoms with E-state index in [2.05, 4.69) is 25.7 Å². The fourth-order valence-corrected chi connectivity index (χ4v) is 1.59. The van der Waals surface area contributed by atoms with Crippen LogP contribution in [0.4, 0.5) is 0 Å². The van der Waals surface area contributed by atoms with Gasteiger partial charge in [0.2, 0.25) is 0 Å². The molecular weight excluding hydrogens is 170 g/mol. The summed E-state index contributed by atoms with van der Waals surface area (Å²) in [4.78, 5) is 2.59. The second kappa shape index (κ2) is 11.0. The second-order valence-electron chi connectivity index (χ2n) is 4.26. The van der Waals surface area contributed by atoms with Crippen LogP contribution in [0.25, 0.3) is 0 Å². The molecule has 86 valence electrons. The minimum Gasteiger partial charge on any atom is -0.303 e. The van der Waals surface area contributed by atoms with Crippen molar-refractivity contribution in [2.24, 2.45) is 0 Å². The molecule has 1 saturated heterocycles. The Morgan fingerprint density at radius 2 is 1.36 bits per heavy atom. The Hall–Kier alpha value is -0.0400. The van der Waals surface area contributed by atoms with Gasteiger partial charge < -0.3 is 4.90 Å². The van der Waals surface area contributed by atoms with E-state index in [4.69, 9.17) is 0 Å². The van der Waals surface area contributed by atoms with Crippen molar-refractivity contribution in [1.29, 1.82) is 0 Å². The molecule has 0 aliphatic carbocycles. The first-order valence-corrected chi connectivity index (χ1v) is 6.57. The lowest BCUT2D eigenvalue weighted by atomic mass is 10.2. The van der Waals surface area contributed by atoms with Crippen LogP contribution in [0.2, 0.25) is 0 Å². The molecule has 1 fully saturated rings. The van der Waals surface area contributed by atoms with Crippen molar-refractivity contribution >= 4 is 0 Å². The van der Waals surface area contributed by atoms with Gasteiger partial charge in [-0.1, -0.05) is 46.5 Å². The SMILES string of the molecule is CCCC.CCCCCN1CCCC1. The van der Waals surface area contributed by atoms with Gasteiger partial charge in [0.05, 0.1) is 0 Å². The Morgan fingerprint density at radius 1 is 0.786 bits per heavy atom. The lowest BCUT2D eigenvalue weighted by Crippen LogP contribution is -2.20. The van der Waals surface area contributed by atoms with Gasteiger partial charge in [0.15, 0.2) is 0 Å². The first kappa shape index (κ1) is 14.0. The maximum absolute atomic E-state index is 2.59. The van der Waals surface area contributed by atoms with Crippen molar-refractivity contribution in [2.75, 3.05) is 19.6 Å². The summed E-state index contributed by atoms with van der Waals surface area (Å²) in [5, 5.41) is 0. The maximum atomic E-state index is 2.59. The van der Waals surface area contributed by atoms with E-state index < -0.39 is 0 Å². The van der Waals surface area contributed by atoms with Crippen molar-refractivity contribution in [1.82, 2.24) is 4.90 Å². The summed E-state index contributed by atoms with van der Waals surface area (Å²) in [6, 6.07) is 0. The van der Waals surface area contributed by atoms with Crippen LogP contribution in [0.1, 0.15) is 65.7 Å². The van der Waals surface area contributed by atoms with Gasteiger partial charge in [-0.05, 0) is 38.9 Å². The monoisotopic (exact) mass is 199 g/mol. The highest BCUT2D eigenvalue weighted by Gasteiger charge is 2.09. The Labute approximate surface area is 90.9 Å². The van der Waals surface area contributed by atoms with Gasteiger partial charge in [-0.25, -0.2) is 0 Å². The molecule has 0 unspecified atom stereocenters. The first-order chi connectivity index (χ1) is 6.85. The number of hydrogen-bond acceptors (Lipinski definition) is 1. The third-order valence-corrected chi connectivity index (χ3v) is 2.78. The average molecular weight is 199 g/mol. The summed E-state index contributed by atoms with van der Waals surface area (Å²) in [6.45, 7) is 10.7. The molecule has 1 rings (SSSR count). The highest BCUT2D eigenvalue weighted by Crippen LogP contribution is 2.08. The van der Waals surface area contributed by atoms with Gasteiger partial charge in [0.25, 0.3) is 0 Å². The number of rotatable bonds is 5. The molecular formula is C13H29N. The van der Waals surface area contributed by atoms with Crippen LogP contribution in [0, 0.1) is 0 Å². The molecule has 1 aliphatic rings. The zero-order chi connectivity index (χ0) is 10.6. The molecule has 0 aromatic heterocycles. The number of likely N-dealkylation sites (tertiary alicyclic amines) is 1. The smallest absolute Gasteiger partial charge is 0.00183 e. The van der Waals surface area contributed by atoms with E-state index in [1.165, 1.54) is 64.6 Å². The van der Waals surface area contributed by atoms with Gasteiger partial charge >= 0.3 is 0 Å². The van der Waals surface area contributed by atoms with Crippen LogP contribution in [0.15, 0.2) is 0 Å². The molecule has 1 aliphatic heterocycles. The summed E-state index contributed by atoms with van der Waals surface area (Å²) in [7, 11) is 0. The highest BCUT2D eigenvalue weighted by atomic mass is 15.1. The Morgan fingerprint density at radius 3 is 1.79 bits per heavy atom.